The number of hydrogen-bond acceptors (Lipinski definition) is 7. The predicted molar refractivity (Wildman–Crippen MR) is 152 cm³/mol. The van der Waals surface area contributed by atoms with Gasteiger partial charge in [-0.2, -0.15) is 26.3 Å². The Morgan fingerprint density at radius 3 is 2.21 bits per heavy atom. The molecule has 2 heterocycles. The number of aromatic nitrogens is 1. The van der Waals surface area contributed by atoms with E-state index < -0.39 is 47.0 Å². The van der Waals surface area contributed by atoms with Gasteiger partial charge in [-0.3, -0.25) is 9.69 Å². The summed E-state index contributed by atoms with van der Waals surface area (Å²) in [6.45, 7) is -0.182. The summed E-state index contributed by atoms with van der Waals surface area (Å²) in [7, 11) is 0. The number of thiocarbonyl (C=S) groups is 1. The van der Waals surface area contributed by atoms with Gasteiger partial charge in [-0.1, -0.05) is 30.0 Å². The van der Waals surface area contributed by atoms with E-state index in [4.69, 9.17) is 17.3 Å². The van der Waals surface area contributed by atoms with Crippen molar-refractivity contribution in [2.75, 3.05) is 18.5 Å². The number of carbonyl (C=O) groups excluding carboxylic acids is 1. The Hall–Kier alpha value is -3.95. The number of benzene rings is 2. The van der Waals surface area contributed by atoms with Crippen LogP contribution in [0.5, 0.6) is 0 Å². The van der Waals surface area contributed by atoms with Gasteiger partial charge in [0, 0.05) is 17.8 Å². The van der Waals surface area contributed by atoms with Crippen LogP contribution in [0.15, 0.2) is 65.6 Å². The first-order valence-electron chi connectivity index (χ1n) is 12.4. The van der Waals surface area contributed by atoms with E-state index in [1.807, 2.05) is 0 Å². The van der Waals surface area contributed by atoms with Crippen molar-refractivity contribution in [3.63, 3.8) is 0 Å². The molecule has 226 valence electrons. The Labute approximate surface area is 250 Å². The predicted octanol–water partition coefficient (Wildman–Crippen LogP) is 6.55. The van der Waals surface area contributed by atoms with Gasteiger partial charge >= 0.3 is 18.3 Å². The Balaban J connectivity index is 1.50. The summed E-state index contributed by atoms with van der Waals surface area (Å²) in [4.78, 5) is 29.7. The summed E-state index contributed by atoms with van der Waals surface area (Å²) in [5, 5.41) is 21.9. The molecule has 1 saturated heterocycles. The average Bonchev–Trinajstić information content (AvgIpc) is 3.21. The van der Waals surface area contributed by atoms with Gasteiger partial charge in [0.2, 0.25) is 0 Å². The monoisotopic (exact) mass is 641 g/mol. The van der Waals surface area contributed by atoms with E-state index in [1.54, 1.807) is 12.1 Å². The van der Waals surface area contributed by atoms with E-state index in [-0.39, 0.29) is 51.8 Å². The maximum atomic E-state index is 13.3. The molecule has 0 saturated carbocycles. The first-order valence-corrected chi connectivity index (χ1v) is 13.6. The van der Waals surface area contributed by atoms with E-state index >= 15 is 0 Å². The SMILES string of the molecule is O=C(O)c1ccc(NC(CO)CCN2C(=O)/C(=C/c3cccc(-c4cc(C(F)(F)F)cc(C(F)(F)F)c4)n3)SC2=S)cc1. The largest absolute Gasteiger partial charge is 0.478 e. The van der Waals surface area contributed by atoms with Gasteiger partial charge < -0.3 is 15.5 Å². The lowest BCUT2D eigenvalue weighted by Gasteiger charge is -2.21. The van der Waals surface area contributed by atoms with Gasteiger partial charge in [-0.15, -0.1) is 0 Å². The van der Waals surface area contributed by atoms with Crippen molar-refractivity contribution < 1.29 is 46.1 Å². The number of alkyl halides is 6. The molecule has 1 aliphatic heterocycles. The highest BCUT2D eigenvalue weighted by Crippen LogP contribution is 2.39. The minimum absolute atomic E-state index is 0.0324. The molecular formula is C28H21F6N3O4S2. The third-order valence-electron chi connectivity index (χ3n) is 6.23. The second kappa shape index (κ2) is 12.7. The van der Waals surface area contributed by atoms with Crippen molar-refractivity contribution in [3.05, 3.63) is 88.0 Å². The lowest BCUT2D eigenvalue weighted by molar-refractivity contribution is -0.143. The van der Waals surface area contributed by atoms with E-state index in [1.165, 1.54) is 41.3 Å². The minimum Gasteiger partial charge on any atom is -0.478 e. The third kappa shape index (κ3) is 7.91. The fraction of sp³-hybridized carbons (Fsp3) is 0.214. The van der Waals surface area contributed by atoms with E-state index in [9.17, 15) is 41.0 Å². The van der Waals surface area contributed by atoms with Crippen LogP contribution in [-0.2, 0) is 17.1 Å². The lowest BCUT2D eigenvalue weighted by atomic mass is 10.0. The summed E-state index contributed by atoms with van der Waals surface area (Å²) < 4.78 is 80.1. The zero-order valence-electron chi connectivity index (χ0n) is 21.7. The number of aliphatic hydroxyl groups excluding tert-OH is 1. The molecule has 3 N–H and O–H groups in total. The van der Waals surface area contributed by atoms with Gasteiger partial charge in [0.25, 0.3) is 5.91 Å². The highest BCUT2D eigenvalue weighted by molar-refractivity contribution is 8.26. The highest BCUT2D eigenvalue weighted by Gasteiger charge is 2.37. The number of carboxylic acids is 1. The van der Waals surface area contributed by atoms with Crippen LogP contribution in [0.3, 0.4) is 0 Å². The fourth-order valence-electron chi connectivity index (χ4n) is 4.06. The topological polar surface area (TPSA) is 103 Å². The molecular weight excluding hydrogens is 620 g/mol. The van der Waals surface area contributed by atoms with E-state index in [0.717, 1.165) is 11.8 Å². The quantitative estimate of drug-likeness (QED) is 0.137. The Bertz CT molecular complexity index is 1540. The third-order valence-corrected chi connectivity index (χ3v) is 7.61. The van der Waals surface area contributed by atoms with Crippen LogP contribution in [0.25, 0.3) is 17.3 Å². The Morgan fingerprint density at radius 1 is 1.02 bits per heavy atom. The summed E-state index contributed by atoms with van der Waals surface area (Å²) >= 11 is 6.27. The zero-order chi connectivity index (χ0) is 31.5. The number of anilines is 1. The zero-order valence-corrected chi connectivity index (χ0v) is 23.4. The van der Waals surface area contributed by atoms with Gasteiger partial charge in [0.15, 0.2) is 0 Å². The minimum atomic E-state index is -5.02. The van der Waals surface area contributed by atoms with Gasteiger partial charge in [-0.05, 0) is 67.1 Å². The summed E-state index contributed by atoms with van der Waals surface area (Å²) in [5.41, 5.74) is -2.74. The maximum absolute atomic E-state index is 13.3. The molecule has 43 heavy (non-hydrogen) atoms. The number of thioether (sulfide) groups is 1. The van der Waals surface area contributed by atoms with Crippen LogP contribution in [0, 0.1) is 0 Å². The molecule has 1 aliphatic rings. The number of hydrogen-bond donors (Lipinski definition) is 3. The molecule has 2 aromatic carbocycles. The van der Waals surface area contributed by atoms with Crippen LogP contribution < -0.4 is 5.32 Å². The number of nitrogens with one attached hydrogen (secondary N) is 1. The molecule has 3 aromatic rings. The average molecular weight is 642 g/mol. The Kier molecular flexibility index (Phi) is 9.47. The van der Waals surface area contributed by atoms with Crippen LogP contribution in [-0.4, -0.2) is 55.5 Å². The van der Waals surface area contributed by atoms with Gasteiger partial charge in [0.1, 0.15) is 4.32 Å². The van der Waals surface area contributed by atoms with E-state index in [2.05, 4.69) is 10.3 Å². The first-order chi connectivity index (χ1) is 20.2. The molecule has 1 unspecified atom stereocenters. The Morgan fingerprint density at radius 2 is 1.65 bits per heavy atom. The number of carbonyl (C=O) groups is 2. The molecule has 15 heteroatoms. The molecule has 1 fully saturated rings. The molecule has 1 atom stereocenters. The molecule has 0 radical (unpaired) electrons. The van der Waals surface area contributed by atoms with Crippen molar-refractivity contribution in [1.82, 2.24) is 9.88 Å². The molecule has 7 nitrogen and oxygen atoms in total. The number of aliphatic hydroxyl groups is 1. The lowest BCUT2D eigenvalue weighted by Crippen LogP contribution is -2.34. The number of nitrogens with zero attached hydrogens (tertiary/aromatic N) is 2. The second-order valence-electron chi connectivity index (χ2n) is 9.27. The molecule has 1 aromatic heterocycles. The van der Waals surface area contributed by atoms with E-state index in [0.29, 0.717) is 17.8 Å². The molecule has 4 rings (SSSR count). The van der Waals surface area contributed by atoms with Crippen molar-refractivity contribution in [2.45, 2.75) is 24.8 Å². The van der Waals surface area contributed by atoms with Crippen LogP contribution in [0.1, 0.15) is 33.6 Å². The smallest absolute Gasteiger partial charge is 0.416 e. The van der Waals surface area contributed by atoms with Crippen molar-refractivity contribution in [2.24, 2.45) is 0 Å². The second-order valence-corrected chi connectivity index (χ2v) is 10.9. The molecule has 0 bridgehead atoms. The van der Waals surface area contributed by atoms with Crippen molar-refractivity contribution in [3.8, 4) is 11.3 Å². The van der Waals surface area contributed by atoms with Crippen LogP contribution in [0.4, 0.5) is 32.0 Å². The summed E-state index contributed by atoms with van der Waals surface area (Å²) in [6, 6.07) is 10.7. The number of rotatable bonds is 9. The highest BCUT2D eigenvalue weighted by atomic mass is 32.2. The standard InChI is InChI=1S/C28H21F6N3O4S2/c29-27(30,31)17-10-16(11-18(12-17)28(32,33)34)22-3-1-2-20(36-22)13-23-24(39)37(26(42)43-23)9-8-21(14-38)35-19-6-4-15(5-7-19)25(40)41/h1-7,10-13,21,35,38H,8-9,14H2,(H,40,41)/b23-13-. The summed E-state index contributed by atoms with van der Waals surface area (Å²) in [6.07, 6.45) is -8.43. The number of pyridine rings is 1. The maximum Gasteiger partial charge on any atom is 0.416 e. The number of amides is 1. The van der Waals surface area contributed by atoms with Gasteiger partial charge in [0.05, 0.1) is 45.6 Å². The number of aromatic carboxylic acids is 1. The molecule has 0 aliphatic carbocycles. The fourth-order valence-corrected chi connectivity index (χ4v) is 5.35. The molecule has 0 spiro atoms. The van der Waals surface area contributed by atoms with Gasteiger partial charge in [-0.25, -0.2) is 9.78 Å². The van der Waals surface area contributed by atoms with Crippen LogP contribution >= 0.6 is 24.0 Å². The number of halogens is 6. The van der Waals surface area contributed by atoms with Crippen molar-refractivity contribution in [1.29, 1.82) is 0 Å². The summed E-state index contributed by atoms with van der Waals surface area (Å²) in [5.74, 6) is -1.57. The first kappa shape index (κ1) is 32.0. The normalized spacial score (nSPS) is 15.7. The number of carboxylic acid groups (broad SMARTS) is 1. The van der Waals surface area contributed by atoms with Crippen molar-refractivity contribution >= 4 is 51.9 Å². The molecule has 1 amide bonds. The van der Waals surface area contributed by atoms with Crippen LogP contribution in [0.2, 0.25) is 0 Å².